The number of hydrogen-bond donors (Lipinski definition) is 1. The average molecular weight is 404 g/mol. The number of aryl methyl sites for hydroxylation is 1. The van der Waals surface area contributed by atoms with Crippen molar-refractivity contribution in [1.82, 2.24) is 0 Å². The molecule has 30 heavy (non-hydrogen) atoms. The summed E-state index contributed by atoms with van der Waals surface area (Å²) in [5, 5.41) is 0. The first kappa shape index (κ1) is 21.9. The predicted octanol–water partition coefficient (Wildman–Crippen LogP) is 6.63. The molecular formula is C27H33NO2. The van der Waals surface area contributed by atoms with Crippen molar-refractivity contribution < 1.29 is 9.47 Å². The lowest BCUT2D eigenvalue weighted by atomic mass is 9.99. The second-order valence-corrected chi connectivity index (χ2v) is 7.65. The monoisotopic (exact) mass is 403 g/mol. The standard InChI is InChI=1S/C27H33NO2/c1-3-4-5-18-29-25-14-12-23(13-15-25)22-8-10-24(11-9-22)26-16-7-21(2)20-27(26)30-19-6-17-28/h7-16,20H,3-6,17-19,28H2,1-2H3. The zero-order valence-corrected chi connectivity index (χ0v) is 18.2. The van der Waals surface area contributed by atoms with Crippen molar-refractivity contribution in [2.45, 2.75) is 39.5 Å². The summed E-state index contributed by atoms with van der Waals surface area (Å²) in [5.41, 5.74) is 11.4. The first-order chi connectivity index (χ1) is 14.7. The predicted molar refractivity (Wildman–Crippen MR) is 126 cm³/mol. The Morgan fingerprint density at radius 1 is 0.700 bits per heavy atom. The van der Waals surface area contributed by atoms with Crippen LogP contribution in [0.3, 0.4) is 0 Å². The van der Waals surface area contributed by atoms with Crippen molar-refractivity contribution in [1.29, 1.82) is 0 Å². The normalized spacial score (nSPS) is 10.8. The van der Waals surface area contributed by atoms with Crippen LogP contribution in [0, 0.1) is 6.92 Å². The molecule has 158 valence electrons. The minimum Gasteiger partial charge on any atom is -0.494 e. The summed E-state index contributed by atoms with van der Waals surface area (Å²) in [4.78, 5) is 0. The number of unbranched alkanes of at least 4 members (excludes halogenated alkanes) is 2. The Morgan fingerprint density at radius 2 is 1.33 bits per heavy atom. The van der Waals surface area contributed by atoms with Gasteiger partial charge in [-0.25, -0.2) is 0 Å². The highest BCUT2D eigenvalue weighted by Gasteiger charge is 2.08. The second-order valence-electron chi connectivity index (χ2n) is 7.65. The van der Waals surface area contributed by atoms with E-state index in [2.05, 4.69) is 80.6 Å². The summed E-state index contributed by atoms with van der Waals surface area (Å²) in [5.74, 6) is 1.85. The average Bonchev–Trinajstić information content (AvgIpc) is 2.78. The Balaban J connectivity index is 1.71. The van der Waals surface area contributed by atoms with Crippen molar-refractivity contribution in [2.75, 3.05) is 19.8 Å². The molecule has 0 saturated heterocycles. The molecule has 0 saturated carbocycles. The van der Waals surface area contributed by atoms with Gasteiger partial charge in [0, 0.05) is 5.56 Å². The van der Waals surface area contributed by atoms with E-state index in [1.807, 2.05) is 0 Å². The molecule has 0 aliphatic heterocycles. The van der Waals surface area contributed by atoms with E-state index in [1.54, 1.807) is 0 Å². The first-order valence-corrected chi connectivity index (χ1v) is 11.0. The zero-order chi connectivity index (χ0) is 21.2. The summed E-state index contributed by atoms with van der Waals surface area (Å²) in [7, 11) is 0. The summed E-state index contributed by atoms with van der Waals surface area (Å²) in [6, 6.07) is 23.3. The maximum atomic E-state index is 5.99. The Kier molecular flexibility index (Phi) is 8.34. The van der Waals surface area contributed by atoms with Crippen molar-refractivity contribution in [3.05, 3.63) is 72.3 Å². The van der Waals surface area contributed by atoms with Crippen LogP contribution >= 0.6 is 0 Å². The molecule has 2 N–H and O–H groups in total. The molecule has 0 spiro atoms. The van der Waals surface area contributed by atoms with Gasteiger partial charge in [0.1, 0.15) is 11.5 Å². The van der Waals surface area contributed by atoms with E-state index in [9.17, 15) is 0 Å². The smallest absolute Gasteiger partial charge is 0.127 e. The van der Waals surface area contributed by atoms with E-state index < -0.39 is 0 Å². The lowest BCUT2D eigenvalue weighted by molar-refractivity contribution is 0.306. The van der Waals surface area contributed by atoms with Crippen LogP contribution in [0.15, 0.2) is 66.7 Å². The number of rotatable bonds is 11. The lowest BCUT2D eigenvalue weighted by Gasteiger charge is -2.13. The zero-order valence-electron chi connectivity index (χ0n) is 18.2. The first-order valence-electron chi connectivity index (χ1n) is 11.0. The van der Waals surface area contributed by atoms with Crippen molar-refractivity contribution in [3.8, 4) is 33.8 Å². The Hall–Kier alpha value is -2.78. The van der Waals surface area contributed by atoms with Gasteiger partial charge in [-0.15, -0.1) is 0 Å². The molecule has 3 nitrogen and oxygen atoms in total. The van der Waals surface area contributed by atoms with Gasteiger partial charge in [-0.2, -0.15) is 0 Å². The molecule has 0 radical (unpaired) electrons. The molecule has 0 atom stereocenters. The molecule has 3 rings (SSSR count). The molecule has 0 aliphatic rings. The van der Waals surface area contributed by atoms with E-state index in [-0.39, 0.29) is 0 Å². The van der Waals surface area contributed by atoms with E-state index in [1.165, 1.54) is 29.5 Å². The van der Waals surface area contributed by atoms with Gasteiger partial charge in [0.15, 0.2) is 0 Å². The maximum Gasteiger partial charge on any atom is 0.127 e. The third kappa shape index (κ3) is 6.11. The molecule has 3 aromatic carbocycles. The third-order valence-corrected chi connectivity index (χ3v) is 5.14. The maximum absolute atomic E-state index is 5.99. The van der Waals surface area contributed by atoms with Crippen LogP contribution in [0.1, 0.15) is 38.2 Å². The van der Waals surface area contributed by atoms with E-state index >= 15 is 0 Å². The number of hydrogen-bond acceptors (Lipinski definition) is 3. The van der Waals surface area contributed by atoms with Crippen LogP contribution in [0.2, 0.25) is 0 Å². The topological polar surface area (TPSA) is 44.5 Å². The van der Waals surface area contributed by atoms with Crippen LogP contribution in [-0.2, 0) is 0 Å². The van der Waals surface area contributed by atoms with Crippen LogP contribution < -0.4 is 15.2 Å². The van der Waals surface area contributed by atoms with Gasteiger partial charge < -0.3 is 15.2 Å². The Labute approximate surface area is 180 Å². The molecule has 3 heteroatoms. The largest absolute Gasteiger partial charge is 0.494 e. The number of ether oxygens (including phenoxy) is 2. The highest BCUT2D eigenvalue weighted by molar-refractivity contribution is 5.74. The summed E-state index contributed by atoms with van der Waals surface area (Å²) < 4.78 is 11.8. The van der Waals surface area contributed by atoms with E-state index in [0.29, 0.717) is 13.2 Å². The molecule has 0 aliphatic carbocycles. The van der Waals surface area contributed by atoms with Gasteiger partial charge in [0.2, 0.25) is 0 Å². The quantitative estimate of drug-likeness (QED) is 0.366. The van der Waals surface area contributed by atoms with Gasteiger partial charge in [-0.3, -0.25) is 0 Å². The van der Waals surface area contributed by atoms with Crippen LogP contribution in [0.4, 0.5) is 0 Å². The highest BCUT2D eigenvalue weighted by atomic mass is 16.5. The highest BCUT2D eigenvalue weighted by Crippen LogP contribution is 2.33. The molecule has 0 bridgehead atoms. The lowest BCUT2D eigenvalue weighted by Crippen LogP contribution is -2.06. The minimum atomic E-state index is 0.637. The molecule has 0 aromatic heterocycles. The summed E-state index contributed by atoms with van der Waals surface area (Å²) in [6.45, 7) is 6.35. The van der Waals surface area contributed by atoms with Crippen LogP contribution in [0.5, 0.6) is 11.5 Å². The fourth-order valence-electron chi connectivity index (χ4n) is 3.38. The number of nitrogens with two attached hydrogens (primary N) is 1. The van der Waals surface area contributed by atoms with Crippen LogP contribution in [0.25, 0.3) is 22.3 Å². The van der Waals surface area contributed by atoms with Gasteiger partial charge >= 0.3 is 0 Å². The Bertz CT molecular complexity index is 901. The van der Waals surface area contributed by atoms with E-state index in [0.717, 1.165) is 42.1 Å². The van der Waals surface area contributed by atoms with E-state index in [4.69, 9.17) is 15.2 Å². The molecule has 0 fully saturated rings. The molecular weight excluding hydrogens is 370 g/mol. The van der Waals surface area contributed by atoms with Gasteiger partial charge in [-0.05, 0) is 66.8 Å². The van der Waals surface area contributed by atoms with Crippen molar-refractivity contribution >= 4 is 0 Å². The molecule has 0 amide bonds. The summed E-state index contributed by atoms with van der Waals surface area (Å²) in [6.07, 6.45) is 4.38. The minimum absolute atomic E-state index is 0.637. The summed E-state index contributed by atoms with van der Waals surface area (Å²) >= 11 is 0. The molecule has 3 aromatic rings. The molecule has 0 heterocycles. The SMILES string of the molecule is CCCCCOc1ccc(-c2ccc(-c3ccc(C)cc3OCCCN)cc2)cc1. The molecule has 0 unspecified atom stereocenters. The Morgan fingerprint density at radius 3 is 2.00 bits per heavy atom. The van der Waals surface area contributed by atoms with Gasteiger partial charge in [0.05, 0.1) is 13.2 Å². The van der Waals surface area contributed by atoms with Gasteiger partial charge in [0.25, 0.3) is 0 Å². The second kappa shape index (κ2) is 11.4. The van der Waals surface area contributed by atoms with Crippen molar-refractivity contribution in [2.24, 2.45) is 5.73 Å². The van der Waals surface area contributed by atoms with Crippen molar-refractivity contribution in [3.63, 3.8) is 0 Å². The third-order valence-electron chi connectivity index (χ3n) is 5.14. The number of benzene rings is 3. The van der Waals surface area contributed by atoms with Crippen LogP contribution in [-0.4, -0.2) is 19.8 Å². The fraction of sp³-hybridized carbons (Fsp3) is 0.333. The van der Waals surface area contributed by atoms with Gasteiger partial charge in [-0.1, -0.05) is 68.3 Å². The fourth-order valence-corrected chi connectivity index (χ4v) is 3.38.